The Hall–Kier alpha value is -2.42. The van der Waals surface area contributed by atoms with Crippen LogP contribution in [0.25, 0.3) is 10.9 Å². The minimum Gasteiger partial charge on any atom is -0.460 e. The molecule has 43 heavy (non-hydrogen) atoms. The molecule has 5 N–H and O–H groups in total. The van der Waals surface area contributed by atoms with E-state index in [4.69, 9.17) is 20.9 Å². The number of nitrogens with one attached hydrogen (secondary N) is 1. The van der Waals surface area contributed by atoms with E-state index in [2.05, 4.69) is 54.2 Å². The Labute approximate surface area is 259 Å². The van der Waals surface area contributed by atoms with Gasteiger partial charge in [0.15, 0.2) is 0 Å². The third kappa shape index (κ3) is 10.6. The van der Waals surface area contributed by atoms with E-state index < -0.39 is 24.2 Å². The predicted octanol–water partition coefficient (Wildman–Crippen LogP) is 5.29. The molecule has 8 heteroatoms. The Morgan fingerprint density at radius 1 is 1.00 bits per heavy atom. The number of amides is 1. The Morgan fingerprint density at radius 3 is 2.33 bits per heavy atom. The molecule has 1 aliphatic carbocycles. The smallest absolute Gasteiger partial charge is 0.323 e. The number of hydrogen-bond acceptors (Lipinski definition) is 6. The number of methoxy groups -OCH3 is 1. The summed E-state index contributed by atoms with van der Waals surface area (Å²) in [5.41, 5.74) is 15.6. The predicted molar refractivity (Wildman–Crippen MR) is 174 cm³/mol. The molecule has 5 atom stereocenters. The molecule has 0 radical (unpaired) electrons. The van der Waals surface area contributed by atoms with Crippen LogP contribution in [0.5, 0.6) is 0 Å². The van der Waals surface area contributed by atoms with E-state index in [9.17, 15) is 9.59 Å². The normalized spacial score (nSPS) is 17.3. The third-order valence-corrected chi connectivity index (χ3v) is 9.23. The number of nitrogens with two attached hydrogens (primary N) is 2. The Balaban J connectivity index is 1.78. The Morgan fingerprint density at radius 2 is 1.72 bits per heavy atom. The highest BCUT2D eigenvalue weighted by atomic mass is 16.5. The summed E-state index contributed by atoms with van der Waals surface area (Å²) >= 11 is 0. The third-order valence-electron chi connectivity index (χ3n) is 9.23. The van der Waals surface area contributed by atoms with Crippen molar-refractivity contribution in [2.75, 3.05) is 20.3 Å². The monoisotopic (exact) mass is 598 g/mol. The molecule has 3 unspecified atom stereocenters. The van der Waals surface area contributed by atoms with Gasteiger partial charge in [0.2, 0.25) is 5.91 Å². The zero-order valence-electron chi connectivity index (χ0n) is 27.7. The highest BCUT2D eigenvalue weighted by molar-refractivity contribution is 5.81. The van der Waals surface area contributed by atoms with Crippen molar-refractivity contribution in [3.8, 4) is 0 Å². The van der Waals surface area contributed by atoms with Crippen molar-refractivity contribution in [3.63, 3.8) is 0 Å². The van der Waals surface area contributed by atoms with E-state index in [1.54, 1.807) is 7.11 Å². The van der Waals surface area contributed by atoms with Gasteiger partial charge in [-0.15, -0.1) is 0 Å². The molecule has 1 aromatic heterocycles. The molecule has 1 heterocycles. The van der Waals surface area contributed by atoms with Crippen LogP contribution in [-0.2, 0) is 32.0 Å². The first-order chi connectivity index (χ1) is 20.4. The lowest BCUT2D eigenvalue weighted by Gasteiger charge is -2.33. The first-order valence-electron chi connectivity index (χ1n) is 16.5. The molecule has 1 fully saturated rings. The second kappa shape index (κ2) is 16.6. The molecule has 242 valence electrons. The molecule has 0 aliphatic heterocycles. The van der Waals surface area contributed by atoms with Crippen molar-refractivity contribution in [1.82, 2.24) is 9.88 Å². The molecular weight excluding hydrogens is 540 g/mol. The van der Waals surface area contributed by atoms with Crippen molar-refractivity contribution in [2.45, 2.75) is 105 Å². The molecule has 0 saturated heterocycles. The van der Waals surface area contributed by atoms with E-state index >= 15 is 0 Å². The van der Waals surface area contributed by atoms with Gasteiger partial charge in [-0.1, -0.05) is 53.7 Å². The molecular formula is C35H58N4O4. The number of rotatable bonds is 19. The van der Waals surface area contributed by atoms with Gasteiger partial charge in [0.1, 0.15) is 12.1 Å². The number of aryl methyl sites for hydroxylation is 1. The van der Waals surface area contributed by atoms with Gasteiger partial charge in [-0.2, -0.15) is 0 Å². The Kier molecular flexibility index (Phi) is 13.5. The molecule has 0 spiro atoms. The molecule has 1 amide bonds. The average molecular weight is 599 g/mol. The average Bonchev–Trinajstić information content (AvgIpc) is 3.71. The fraction of sp³-hybridized carbons (Fsp3) is 0.714. The van der Waals surface area contributed by atoms with Crippen LogP contribution in [0.4, 0.5) is 0 Å². The maximum absolute atomic E-state index is 13.2. The van der Waals surface area contributed by atoms with E-state index in [1.165, 1.54) is 29.3 Å². The van der Waals surface area contributed by atoms with Crippen LogP contribution in [-0.4, -0.2) is 54.9 Å². The largest absolute Gasteiger partial charge is 0.460 e. The molecule has 2 aromatic rings. The van der Waals surface area contributed by atoms with Gasteiger partial charge in [-0.05, 0) is 91.2 Å². The van der Waals surface area contributed by atoms with Crippen molar-refractivity contribution in [1.29, 1.82) is 0 Å². The molecule has 8 nitrogen and oxygen atoms in total. The van der Waals surface area contributed by atoms with Crippen LogP contribution >= 0.6 is 0 Å². The molecule has 3 rings (SSSR count). The number of fused-ring (bicyclic) bond motifs is 1. The van der Waals surface area contributed by atoms with Crippen molar-refractivity contribution in [2.24, 2.45) is 47.0 Å². The summed E-state index contributed by atoms with van der Waals surface area (Å²) in [6.07, 6.45) is 6.79. The topological polar surface area (TPSA) is 122 Å². The van der Waals surface area contributed by atoms with Crippen LogP contribution in [0.15, 0.2) is 30.5 Å². The number of esters is 1. The zero-order chi connectivity index (χ0) is 31.7. The molecule has 1 saturated carbocycles. The summed E-state index contributed by atoms with van der Waals surface area (Å²) in [7, 11) is 1.74. The summed E-state index contributed by atoms with van der Waals surface area (Å²) in [6.45, 7) is 14.7. The van der Waals surface area contributed by atoms with Gasteiger partial charge >= 0.3 is 5.97 Å². The number of carbonyl (C=O) groups excluding carboxylic acids is 2. The molecule has 0 bridgehead atoms. The van der Waals surface area contributed by atoms with E-state index in [0.717, 1.165) is 26.0 Å². The summed E-state index contributed by atoms with van der Waals surface area (Å²) in [5, 5.41) is 4.36. The molecule has 1 aliphatic rings. The number of carbonyl (C=O) groups is 2. The number of nitrogens with zero attached hydrogens (tertiary/aromatic N) is 1. The summed E-state index contributed by atoms with van der Waals surface area (Å²) < 4.78 is 13.6. The van der Waals surface area contributed by atoms with Gasteiger partial charge in [0, 0.05) is 50.5 Å². The maximum atomic E-state index is 13.2. The zero-order valence-corrected chi connectivity index (χ0v) is 27.7. The van der Waals surface area contributed by atoms with Crippen LogP contribution in [0.2, 0.25) is 0 Å². The lowest BCUT2D eigenvalue weighted by atomic mass is 9.80. The summed E-state index contributed by atoms with van der Waals surface area (Å²) in [5.74, 6) is 0.526. The van der Waals surface area contributed by atoms with Gasteiger partial charge < -0.3 is 30.8 Å². The minimum atomic E-state index is -0.733. The second-order valence-electron chi connectivity index (χ2n) is 13.9. The summed E-state index contributed by atoms with van der Waals surface area (Å²) in [6, 6.07) is 7.70. The van der Waals surface area contributed by atoms with Crippen molar-refractivity contribution in [3.05, 3.63) is 36.0 Å². The number of hydrogen-bond donors (Lipinski definition) is 3. The summed E-state index contributed by atoms with van der Waals surface area (Å²) in [4.78, 5) is 26.3. The lowest BCUT2D eigenvalue weighted by molar-refractivity contribution is -0.155. The van der Waals surface area contributed by atoms with E-state index in [0.29, 0.717) is 31.2 Å². The standard InChI is InChI=1S/C35H58N4O4/c1-22(2)28(17-26-11-12-27-13-15-39(31(27)18-26)14-8-16-42-7)19-30(36)32(43-35(41)33(37)24(5)6)20-29(23(3)4)34(40)38-21-25-9-10-25/h11-13,15,18,22-25,28-30,32-33H,8-10,14,16-17,19-21,36-37H2,1-7H3,(H,38,40)/t28?,29?,30-,32?,33-/m0/s1. The van der Waals surface area contributed by atoms with Gasteiger partial charge in [0.05, 0.1) is 0 Å². The maximum Gasteiger partial charge on any atom is 0.323 e. The van der Waals surface area contributed by atoms with Gasteiger partial charge in [-0.3, -0.25) is 9.59 Å². The number of ether oxygens (including phenoxy) is 2. The SMILES string of the molecule is COCCCn1ccc2ccc(CC(C[C@H](N)C(CC(C(=O)NCC3CC3)C(C)C)OC(=O)[C@@H](N)C(C)C)C(C)C)cc21. The van der Waals surface area contributed by atoms with Gasteiger partial charge in [-0.25, -0.2) is 0 Å². The minimum absolute atomic E-state index is 0.0190. The van der Waals surface area contributed by atoms with Crippen LogP contribution in [0.3, 0.4) is 0 Å². The molecule has 1 aromatic carbocycles. The van der Waals surface area contributed by atoms with Crippen LogP contribution in [0.1, 0.15) is 79.2 Å². The Bertz CT molecular complexity index is 1160. The van der Waals surface area contributed by atoms with Crippen molar-refractivity contribution < 1.29 is 19.1 Å². The van der Waals surface area contributed by atoms with E-state index in [1.807, 2.05) is 27.7 Å². The van der Waals surface area contributed by atoms with Crippen LogP contribution in [0, 0.1) is 35.5 Å². The first kappa shape index (κ1) is 35.1. The second-order valence-corrected chi connectivity index (χ2v) is 13.9. The van der Waals surface area contributed by atoms with Gasteiger partial charge in [0.25, 0.3) is 0 Å². The quantitative estimate of drug-likeness (QED) is 0.149. The number of benzene rings is 1. The fourth-order valence-corrected chi connectivity index (χ4v) is 5.77. The highest BCUT2D eigenvalue weighted by Gasteiger charge is 2.35. The highest BCUT2D eigenvalue weighted by Crippen LogP contribution is 2.30. The van der Waals surface area contributed by atoms with Crippen molar-refractivity contribution >= 4 is 22.8 Å². The number of aromatic nitrogens is 1. The fourth-order valence-electron chi connectivity index (χ4n) is 5.77. The van der Waals surface area contributed by atoms with Crippen LogP contribution < -0.4 is 16.8 Å². The van der Waals surface area contributed by atoms with E-state index in [-0.39, 0.29) is 29.6 Å². The first-order valence-corrected chi connectivity index (χ1v) is 16.5. The lowest BCUT2D eigenvalue weighted by Crippen LogP contribution is -2.48.